The largest absolute Gasteiger partial charge is 0.472 e. The number of furan rings is 1. The molecule has 8 atom stereocenters. The molecule has 2 saturated carbocycles. The van der Waals surface area contributed by atoms with Crippen molar-refractivity contribution in [1.29, 1.82) is 0 Å². The van der Waals surface area contributed by atoms with Gasteiger partial charge in [-0.05, 0) is 83.9 Å². The van der Waals surface area contributed by atoms with Crippen LogP contribution in [0.1, 0.15) is 86.1 Å². The second-order valence-corrected chi connectivity index (χ2v) is 15.8. The van der Waals surface area contributed by atoms with Gasteiger partial charge in [0.2, 0.25) is 0 Å². The van der Waals surface area contributed by atoms with E-state index in [-0.39, 0.29) is 45.5 Å². The van der Waals surface area contributed by atoms with Crippen LogP contribution in [-0.4, -0.2) is 39.8 Å². The summed E-state index contributed by atoms with van der Waals surface area (Å²) in [6, 6.07) is 12.1. The van der Waals surface area contributed by atoms with Crippen LogP contribution in [0.5, 0.6) is 0 Å². The zero-order chi connectivity index (χ0) is 37.4. The summed E-state index contributed by atoms with van der Waals surface area (Å²) in [6.07, 6.45) is 9.20. The van der Waals surface area contributed by atoms with Gasteiger partial charge in [0.1, 0.15) is 12.2 Å². The summed E-state index contributed by atoms with van der Waals surface area (Å²) in [5, 5.41) is 22.7. The summed E-state index contributed by atoms with van der Waals surface area (Å²) in [7, 11) is 0. The van der Waals surface area contributed by atoms with E-state index in [2.05, 4.69) is 26.8 Å². The predicted octanol–water partition coefficient (Wildman–Crippen LogP) is 8.18. The van der Waals surface area contributed by atoms with Crippen molar-refractivity contribution in [2.75, 3.05) is 0 Å². The SMILES string of the molecule is CC1(C)C(=O)C=C[C@]2(C)[C@H]3CC[C@]4(C)C(=CC[C@H]4c4ccoc4)[C@]3(C)[C@H](OC(=O)c3ccc([N+](=O)[O-])cc3)[C@H](OC(=O)c3ccc([N+](=O)[O-])cc3)[C@@H]12. The summed E-state index contributed by atoms with van der Waals surface area (Å²) < 4.78 is 18.6. The van der Waals surface area contributed by atoms with E-state index in [1.54, 1.807) is 18.6 Å². The molecule has 52 heavy (non-hydrogen) atoms. The fourth-order valence-corrected chi connectivity index (χ4v) is 10.5. The van der Waals surface area contributed by atoms with E-state index < -0.39 is 56.2 Å². The van der Waals surface area contributed by atoms with E-state index in [1.165, 1.54) is 48.5 Å². The van der Waals surface area contributed by atoms with Gasteiger partial charge < -0.3 is 13.9 Å². The predicted molar refractivity (Wildman–Crippen MR) is 187 cm³/mol. The Morgan fingerprint density at radius 3 is 1.96 bits per heavy atom. The topological polar surface area (TPSA) is 169 Å². The Morgan fingerprint density at radius 1 is 0.846 bits per heavy atom. The maximum absolute atomic E-state index is 14.2. The van der Waals surface area contributed by atoms with E-state index in [0.717, 1.165) is 24.0 Å². The molecule has 12 heteroatoms. The summed E-state index contributed by atoms with van der Waals surface area (Å²) in [4.78, 5) is 63.6. The number of rotatable bonds is 7. The molecule has 1 aromatic heterocycles. The molecule has 0 N–H and O–H groups in total. The van der Waals surface area contributed by atoms with Gasteiger partial charge in [-0.1, -0.05) is 52.3 Å². The Bertz CT molecular complexity index is 2030. The lowest BCUT2D eigenvalue weighted by Crippen LogP contribution is -2.70. The number of ether oxygens (including phenoxy) is 2. The minimum Gasteiger partial charge on any atom is -0.472 e. The Hall–Kier alpha value is -5.39. The Balaban J connectivity index is 1.40. The van der Waals surface area contributed by atoms with Crippen LogP contribution in [0.25, 0.3) is 0 Å². The molecule has 1 heterocycles. The number of nitro benzene ring substituents is 2. The number of non-ortho nitro benzene ring substituents is 2. The van der Waals surface area contributed by atoms with Crippen molar-refractivity contribution in [3.63, 3.8) is 0 Å². The number of fused-ring (bicyclic) bond motifs is 5. The molecule has 0 aliphatic heterocycles. The molecule has 2 fully saturated rings. The van der Waals surface area contributed by atoms with Crippen LogP contribution in [0.15, 0.2) is 95.3 Å². The molecule has 4 aliphatic carbocycles. The van der Waals surface area contributed by atoms with Gasteiger partial charge in [0, 0.05) is 41.0 Å². The number of carbonyl (C=O) groups is 3. The van der Waals surface area contributed by atoms with Crippen LogP contribution >= 0.6 is 0 Å². The average molecular weight is 709 g/mol. The van der Waals surface area contributed by atoms with Gasteiger partial charge >= 0.3 is 11.9 Å². The summed E-state index contributed by atoms with van der Waals surface area (Å²) in [5.74, 6) is -2.43. The van der Waals surface area contributed by atoms with Gasteiger partial charge in [0.25, 0.3) is 11.4 Å². The number of carbonyl (C=O) groups excluding carboxylic acids is 3. The molecule has 270 valence electrons. The van der Waals surface area contributed by atoms with Crippen LogP contribution in [0, 0.1) is 53.7 Å². The number of hydrogen-bond acceptors (Lipinski definition) is 10. The fourth-order valence-electron chi connectivity index (χ4n) is 10.5. The third-order valence-electron chi connectivity index (χ3n) is 12.9. The minimum absolute atomic E-state index is 0.0593. The molecular weight excluding hydrogens is 668 g/mol. The molecule has 0 spiro atoms. The van der Waals surface area contributed by atoms with Gasteiger partial charge in [-0.3, -0.25) is 25.0 Å². The van der Waals surface area contributed by atoms with Crippen molar-refractivity contribution in [1.82, 2.24) is 0 Å². The summed E-state index contributed by atoms with van der Waals surface area (Å²) in [6.45, 7) is 10.0. The highest BCUT2D eigenvalue weighted by atomic mass is 16.6. The second kappa shape index (κ2) is 12.1. The molecule has 12 nitrogen and oxygen atoms in total. The minimum atomic E-state index is -1.16. The van der Waals surface area contributed by atoms with E-state index in [0.29, 0.717) is 6.42 Å². The van der Waals surface area contributed by atoms with Crippen LogP contribution in [0.4, 0.5) is 11.4 Å². The lowest BCUT2D eigenvalue weighted by Gasteiger charge is -2.67. The number of benzene rings is 2. The standard InChI is InChI=1S/C40H40N2O10/c1-37(2)31(43)17-20-39(4)30-16-19-38(3)28(25-18-21-50-22-25)14-15-29(38)40(30,5)34(52-36(45)24-8-12-27(13-9-24)42(48)49)32(33(37)39)51-35(44)23-6-10-26(11-7-23)41(46)47/h6-13,15,17-18,20-22,28,30,32-34H,14,16,19H2,1-5H3/t28-,30+,32+,33-,34+,38-,39+,40-/m0/s1. The Labute approximate surface area is 300 Å². The van der Waals surface area contributed by atoms with Crippen LogP contribution in [0.3, 0.4) is 0 Å². The van der Waals surface area contributed by atoms with E-state index in [9.17, 15) is 34.6 Å². The first-order valence-electron chi connectivity index (χ1n) is 17.4. The fraction of sp³-hybridized carbons (Fsp3) is 0.425. The van der Waals surface area contributed by atoms with E-state index >= 15 is 0 Å². The molecule has 4 aliphatic rings. The number of allylic oxidation sites excluding steroid dienone is 3. The van der Waals surface area contributed by atoms with Crippen molar-refractivity contribution in [3.8, 4) is 0 Å². The monoisotopic (exact) mass is 708 g/mol. The maximum atomic E-state index is 14.2. The highest BCUT2D eigenvalue weighted by molar-refractivity contribution is 5.96. The van der Waals surface area contributed by atoms with Gasteiger partial charge in [-0.15, -0.1) is 0 Å². The summed E-state index contributed by atoms with van der Waals surface area (Å²) in [5.41, 5.74) is -1.20. The lowest BCUT2D eigenvalue weighted by molar-refractivity contribution is -0.385. The first kappa shape index (κ1) is 35.0. The Morgan fingerprint density at radius 2 is 1.42 bits per heavy atom. The van der Waals surface area contributed by atoms with Gasteiger partial charge in [-0.2, -0.15) is 0 Å². The van der Waals surface area contributed by atoms with E-state index in [1.807, 2.05) is 26.0 Å². The third-order valence-corrected chi connectivity index (χ3v) is 12.9. The second-order valence-electron chi connectivity index (χ2n) is 15.8. The van der Waals surface area contributed by atoms with Crippen LogP contribution < -0.4 is 0 Å². The molecule has 0 saturated heterocycles. The number of hydrogen-bond donors (Lipinski definition) is 0. The molecule has 7 rings (SSSR count). The molecular formula is C40H40N2O10. The van der Waals surface area contributed by atoms with Crippen molar-refractivity contribution < 1.29 is 38.1 Å². The zero-order valence-corrected chi connectivity index (χ0v) is 29.6. The first-order valence-corrected chi connectivity index (χ1v) is 17.4. The number of ketones is 1. The van der Waals surface area contributed by atoms with Crippen molar-refractivity contribution in [3.05, 3.63) is 128 Å². The van der Waals surface area contributed by atoms with Gasteiger partial charge in [-0.25, -0.2) is 9.59 Å². The van der Waals surface area contributed by atoms with Crippen LogP contribution in [-0.2, 0) is 14.3 Å². The quantitative estimate of drug-likeness (QED) is 0.101. The molecule has 0 bridgehead atoms. The van der Waals surface area contributed by atoms with Crippen molar-refractivity contribution in [2.45, 2.75) is 72.0 Å². The van der Waals surface area contributed by atoms with E-state index in [4.69, 9.17) is 13.9 Å². The molecule has 0 radical (unpaired) electrons. The van der Waals surface area contributed by atoms with Gasteiger partial charge in [0.15, 0.2) is 5.78 Å². The zero-order valence-electron chi connectivity index (χ0n) is 29.6. The van der Waals surface area contributed by atoms with Crippen molar-refractivity contribution in [2.24, 2.45) is 33.5 Å². The highest BCUT2D eigenvalue weighted by Gasteiger charge is 2.72. The smallest absolute Gasteiger partial charge is 0.338 e. The van der Waals surface area contributed by atoms with Crippen molar-refractivity contribution >= 4 is 29.1 Å². The molecule has 0 unspecified atom stereocenters. The number of nitro groups is 2. The highest BCUT2D eigenvalue weighted by Crippen LogP contribution is 2.73. The lowest BCUT2D eigenvalue weighted by atomic mass is 9.37. The number of esters is 2. The van der Waals surface area contributed by atoms with Gasteiger partial charge in [0.05, 0.1) is 33.5 Å². The van der Waals surface area contributed by atoms with Crippen LogP contribution in [0.2, 0.25) is 0 Å². The summed E-state index contributed by atoms with van der Waals surface area (Å²) >= 11 is 0. The normalized spacial score (nSPS) is 32.8. The molecule has 3 aromatic rings. The molecule has 0 amide bonds. The first-order chi connectivity index (χ1) is 24.5. The maximum Gasteiger partial charge on any atom is 0.338 e. The average Bonchev–Trinajstić information content (AvgIpc) is 3.76. The third kappa shape index (κ3) is 5.13. The Kier molecular flexibility index (Phi) is 8.15. The molecule has 2 aromatic carbocycles. The number of nitrogens with zero attached hydrogens (tertiary/aromatic N) is 2.